The number of rotatable bonds is 4. The van der Waals surface area contributed by atoms with Crippen molar-refractivity contribution in [2.24, 2.45) is 11.7 Å². The molecule has 1 amide bonds. The zero-order valence-electron chi connectivity index (χ0n) is 13.3. The predicted octanol–water partition coefficient (Wildman–Crippen LogP) is 1.88. The molecule has 4 nitrogen and oxygen atoms in total. The van der Waals surface area contributed by atoms with Gasteiger partial charge in [0.1, 0.15) is 0 Å². The largest absolute Gasteiger partial charge is 0.340 e. The fourth-order valence-corrected chi connectivity index (χ4v) is 2.99. The van der Waals surface area contributed by atoms with Crippen molar-refractivity contribution in [1.29, 1.82) is 0 Å². The van der Waals surface area contributed by atoms with Crippen molar-refractivity contribution in [2.75, 3.05) is 26.7 Å². The van der Waals surface area contributed by atoms with E-state index in [0.29, 0.717) is 6.04 Å². The average molecular weight is 289 g/mol. The van der Waals surface area contributed by atoms with Gasteiger partial charge in [-0.2, -0.15) is 0 Å². The molecule has 116 valence electrons. The van der Waals surface area contributed by atoms with Crippen LogP contribution >= 0.6 is 0 Å². The van der Waals surface area contributed by atoms with Gasteiger partial charge in [-0.3, -0.25) is 9.69 Å². The van der Waals surface area contributed by atoms with E-state index >= 15 is 0 Å². The first kappa shape index (κ1) is 16.0. The minimum Gasteiger partial charge on any atom is -0.340 e. The Balaban J connectivity index is 2.02. The molecule has 1 fully saturated rings. The molecule has 2 rings (SSSR count). The highest BCUT2D eigenvalue weighted by molar-refractivity contribution is 5.79. The molecule has 0 saturated carbocycles. The predicted molar refractivity (Wildman–Crippen MR) is 85.8 cm³/mol. The third-order valence-electron chi connectivity index (χ3n) is 4.67. The van der Waals surface area contributed by atoms with Crippen molar-refractivity contribution in [3.05, 3.63) is 35.9 Å². The highest BCUT2D eigenvalue weighted by Crippen LogP contribution is 2.22. The summed E-state index contributed by atoms with van der Waals surface area (Å²) in [6, 6.07) is 10.1. The summed E-state index contributed by atoms with van der Waals surface area (Å²) in [5.41, 5.74) is 7.31. The van der Waals surface area contributed by atoms with Gasteiger partial charge in [0.25, 0.3) is 0 Å². The highest BCUT2D eigenvalue weighted by Gasteiger charge is 2.31. The Bertz CT molecular complexity index is 462. The molecule has 0 aromatic heterocycles. The van der Waals surface area contributed by atoms with Crippen molar-refractivity contribution >= 4 is 5.91 Å². The summed E-state index contributed by atoms with van der Waals surface area (Å²) in [4.78, 5) is 17.0. The Morgan fingerprint density at radius 3 is 2.62 bits per heavy atom. The molecule has 3 unspecified atom stereocenters. The Labute approximate surface area is 127 Å². The fraction of sp³-hybridized carbons (Fsp3) is 0.588. The second kappa shape index (κ2) is 7.05. The number of hydrogen-bond donors (Lipinski definition) is 1. The maximum Gasteiger partial charge on any atom is 0.227 e. The van der Waals surface area contributed by atoms with E-state index in [1.54, 1.807) is 0 Å². The van der Waals surface area contributed by atoms with Crippen LogP contribution in [0, 0.1) is 5.92 Å². The van der Waals surface area contributed by atoms with Gasteiger partial charge in [0.05, 0.1) is 5.92 Å². The number of carbonyl (C=O) groups excluding carboxylic acids is 1. The number of carbonyl (C=O) groups is 1. The van der Waals surface area contributed by atoms with E-state index in [1.165, 1.54) is 0 Å². The van der Waals surface area contributed by atoms with Gasteiger partial charge in [0.2, 0.25) is 5.91 Å². The van der Waals surface area contributed by atoms with Gasteiger partial charge in [-0.15, -0.1) is 0 Å². The Kier molecular flexibility index (Phi) is 5.37. The van der Waals surface area contributed by atoms with E-state index in [0.717, 1.165) is 31.6 Å². The molecular weight excluding hydrogens is 262 g/mol. The topological polar surface area (TPSA) is 49.6 Å². The van der Waals surface area contributed by atoms with Crippen LogP contribution in [0.5, 0.6) is 0 Å². The monoisotopic (exact) mass is 289 g/mol. The lowest BCUT2D eigenvalue weighted by Crippen LogP contribution is -2.54. The SMILES string of the molecule is CCC1CN(C(=O)C(C)C(N)c2ccccc2)CCN1C. The maximum absolute atomic E-state index is 12.7. The number of hydrogen-bond acceptors (Lipinski definition) is 3. The molecule has 0 aliphatic carbocycles. The molecule has 1 aromatic carbocycles. The third-order valence-corrected chi connectivity index (χ3v) is 4.67. The summed E-state index contributed by atoms with van der Waals surface area (Å²) in [5.74, 6) is -0.00813. The normalized spacial score (nSPS) is 22.9. The van der Waals surface area contributed by atoms with Crippen LogP contribution in [-0.2, 0) is 4.79 Å². The van der Waals surface area contributed by atoms with Gasteiger partial charge in [0, 0.05) is 31.7 Å². The quantitative estimate of drug-likeness (QED) is 0.920. The van der Waals surface area contributed by atoms with Gasteiger partial charge in [-0.25, -0.2) is 0 Å². The van der Waals surface area contributed by atoms with Crippen LogP contribution < -0.4 is 5.73 Å². The summed E-state index contributed by atoms with van der Waals surface area (Å²) >= 11 is 0. The highest BCUT2D eigenvalue weighted by atomic mass is 16.2. The summed E-state index contributed by atoms with van der Waals surface area (Å²) in [7, 11) is 2.13. The van der Waals surface area contributed by atoms with Crippen LogP contribution in [0.2, 0.25) is 0 Å². The molecule has 3 atom stereocenters. The summed E-state index contributed by atoms with van der Waals surface area (Å²) < 4.78 is 0. The Morgan fingerprint density at radius 1 is 1.33 bits per heavy atom. The Morgan fingerprint density at radius 2 is 2.00 bits per heavy atom. The van der Waals surface area contributed by atoms with Gasteiger partial charge in [-0.1, -0.05) is 44.2 Å². The minimum absolute atomic E-state index is 0.179. The zero-order valence-corrected chi connectivity index (χ0v) is 13.3. The van der Waals surface area contributed by atoms with Crippen LogP contribution in [0.3, 0.4) is 0 Å². The lowest BCUT2D eigenvalue weighted by molar-refractivity contribution is -0.138. The lowest BCUT2D eigenvalue weighted by Gasteiger charge is -2.40. The molecule has 4 heteroatoms. The lowest BCUT2D eigenvalue weighted by atomic mass is 9.93. The van der Waals surface area contributed by atoms with E-state index < -0.39 is 0 Å². The van der Waals surface area contributed by atoms with Crippen LogP contribution in [0.15, 0.2) is 30.3 Å². The standard InChI is InChI=1S/C17H27N3O/c1-4-15-12-20(11-10-19(15)3)17(21)13(2)16(18)14-8-6-5-7-9-14/h5-9,13,15-16H,4,10-12,18H2,1-3H3. The molecule has 1 saturated heterocycles. The molecule has 0 bridgehead atoms. The number of amides is 1. The fourth-order valence-electron chi connectivity index (χ4n) is 2.99. The number of nitrogens with two attached hydrogens (primary N) is 1. The molecule has 1 heterocycles. The molecule has 0 spiro atoms. The van der Waals surface area contributed by atoms with Crippen LogP contribution in [0.4, 0.5) is 0 Å². The Hall–Kier alpha value is -1.39. The maximum atomic E-state index is 12.7. The molecule has 0 radical (unpaired) electrons. The van der Waals surface area contributed by atoms with Crippen molar-refractivity contribution in [1.82, 2.24) is 9.80 Å². The van der Waals surface area contributed by atoms with Gasteiger partial charge in [0.15, 0.2) is 0 Å². The zero-order chi connectivity index (χ0) is 15.4. The molecule has 1 aliphatic heterocycles. The van der Waals surface area contributed by atoms with Crippen molar-refractivity contribution < 1.29 is 4.79 Å². The first-order valence-corrected chi connectivity index (χ1v) is 7.84. The summed E-state index contributed by atoms with van der Waals surface area (Å²) in [5, 5.41) is 0. The van der Waals surface area contributed by atoms with E-state index in [-0.39, 0.29) is 17.9 Å². The summed E-state index contributed by atoms with van der Waals surface area (Å²) in [6.07, 6.45) is 1.07. The molecular formula is C17H27N3O. The van der Waals surface area contributed by atoms with E-state index in [4.69, 9.17) is 5.73 Å². The van der Waals surface area contributed by atoms with Crippen LogP contribution in [0.1, 0.15) is 31.9 Å². The first-order valence-electron chi connectivity index (χ1n) is 7.84. The smallest absolute Gasteiger partial charge is 0.227 e. The van der Waals surface area contributed by atoms with Crippen molar-refractivity contribution in [3.8, 4) is 0 Å². The second-order valence-electron chi connectivity index (χ2n) is 6.05. The number of piperazine rings is 1. The molecule has 2 N–H and O–H groups in total. The second-order valence-corrected chi connectivity index (χ2v) is 6.05. The number of benzene rings is 1. The minimum atomic E-state index is -0.238. The van der Waals surface area contributed by atoms with Gasteiger partial charge in [-0.05, 0) is 19.0 Å². The summed E-state index contributed by atoms with van der Waals surface area (Å²) in [6.45, 7) is 6.68. The van der Waals surface area contributed by atoms with Crippen LogP contribution in [0.25, 0.3) is 0 Å². The number of nitrogens with zero attached hydrogens (tertiary/aromatic N) is 2. The van der Waals surface area contributed by atoms with E-state index in [9.17, 15) is 4.79 Å². The van der Waals surface area contributed by atoms with E-state index in [2.05, 4.69) is 18.9 Å². The van der Waals surface area contributed by atoms with Crippen molar-refractivity contribution in [2.45, 2.75) is 32.4 Å². The number of likely N-dealkylation sites (N-methyl/N-ethyl adjacent to an activating group) is 1. The molecule has 1 aromatic rings. The van der Waals surface area contributed by atoms with Gasteiger partial charge >= 0.3 is 0 Å². The first-order chi connectivity index (χ1) is 10.0. The third kappa shape index (κ3) is 3.63. The van der Waals surface area contributed by atoms with Crippen LogP contribution in [-0.4, -0.2) is 48.4 Å². The molecule has 21 heavy (non-hydrogen) atoms. The van der Waals surface area contributed by atoms with Crippen molar-refractivity contribution in [3.63, 3.8) is 0 Å². The van der Waals surface area contributed by atoms with E-state index in [1.807, 2.05) is 42.2 Å². The average Bonchev–Trinajstić information content (AvgIpc) is 2.54. The van der Waals surface area contributed by atoms with Gasteiger partial charge < -0.3 is 10.6 Å². The molecule has 1 aliphatic rings.